The van der Waals surface area contributed by atoms with E-state index in [0.717, 1.165) is 6.92 Å². The van der Waals surface area contributed by atoms with E-state index in [2.05, 4.69) is 5.32 Å². The second-order valence-corrected chi connectivity index (χ2v) is 6.09. The molecule has 2 saturated heterocycles. The molecule has 8 unspecified atom stereocenters. The van der Waals surface area contributed by atoms with Crippen molar-refractivity contribution in [2.45, 2.75) is 125 Å². The van der Waals surface area contributed by atoms with Crippen LogP contribution in [0.4, 0.5) is 0 Å². The summed E-state index contributed by atoms with van der Waals surface area (Å²) in [6, 6.07) is -1.15. The summed E-state index contributed by atoms with van der Waals surface area (Å²) >= 11 is 0. The monoisotopic (exact) mass is 523 g/mol. The predicted octanol–water partition coefficient (Wildman–Crippen LogP) is -3.75. The fourth-order valence-corrected chi connectivity index (χ4v) is 2.73. The Morgan fingerprint density at radius 1 is 1.03 bits per heavy atom. The Kier molecular flexibility index (Phi) is 28.6. The van der Waals surface area contributed by atoms with Gasteiger partial charge in [0.15, 0.2) is 6.29 Å². The molecule has 0 aromatic heterocycles. The van der Waals surface area contributed by atoms with Gasteiger partial charge in [-0.3, -0.25) is 4.79 Å². The minimum Gasteiger partial charge on any atom is -0.547 e. The SMILES string of the molecule is CC.CC.CC.CC.CC(=O)NC1C(O)OC2COC2C1OC(OC(C(=O)[O-])C(C)O)C(O)O.[Na+]. The van der Waals surface area contributed by atoms with Crippen LogP contribution in [0.25, 0.3) is 0 Å². The minimum absolute atomic E-state index is 0. The fraction of sp³-hybridized carbons (Fsp3) is 0.909. The van der Waals surface area contributed by atoms with Crippen molar-refractivity contribution in [1.29, 1.82) is 0 Å². The molecule has 0 spiro atoms. The largest absolute Gasteiger partial charge is 1.00 e. The Morgan fingerprint density at radius 3 is 1.83 bits per heavy atom. The molecule has 2 aliphatic rings. The maximum atomic E-state index is 11.4. The van der Waals surface area contributed by atoms with E-state index in [1.807, 2.05) is 55.4 Å². The number of hydrogen-bond acceptors (Lipinski definition) is 11. The first-order chi connectivity index (χ1) is 16.1. The number of hydrogen-bond donors (Lipinski definition) is 5. The number of rotatable bonds is 8. The van der Waals surface area contributed by atoms with Crippen LogP contribution in [0.2, 0.25) is 0 Å². The first-order valence-corrected chi connectivity index (χ1v) is 11.9. The van der Waals surface area contributed by atoms with Crippen molar-refractivity contribution in [2.75, 3.05) is 6.61 Å². The third-order valence-corrected chi connectivity index (χ3v) is 3.97. The summed E-state index contributed by atoms with van der Waals surface area (Å²) in [5, 5.41) is 51.8. The van der Waals surface area contributed by atoms with Gasteiger partial charge in [0.25, 0.3) is 0 Å². The molecule has 0 bridgehead atoms. The Balaban J connectivity index is -0.000000484. The first kappa shape index (κ1) is 41.7. The van der Waals surface area contributed by atoms with Crippen molar-refractivity contribution in [2.24, 2.45) is 0 Å². The zero-order valence-corrected chi connectivity index (χ0v) is 25.0. The van der Waals surface area contributed by atoms with E-state index in [1.54, 1.807) is 0 Å². The molecule has 2 fully saturated rings. The van der Waals surface area contributed by atoms with Crippen molar-refractivity contribution in [3.63, 3.8) is 0 Å². The molecule has 1 amide bonds. The molecule has 2 heterocycles. The quantitative estimate of drug-likeness (QED) is 0.155. The molecule has 5 N–H and O–H groups in total. The second-order valence-electron chi connectivity index (χ2n) is 6.09. The third-order valence-electron chi connectivity index (χ3n) is 3.97. The van der Waals surface area contributed by atoms with Crippen molar-refractivity contribution in [1.82, 2.24) is 5.32 Å². The molecular formula is C22H46NNaO11. The number of nitrogens with one attached hydrogen (secondary N) is 1. The number of carbonyl (C=O) groups is 2. The molecule has 0 aliphatic carbocycles. The van der Waals surface area contributed by atoms with Gasteiger partial charge in [-0.25, -0.2) is 0 Å². The number of carboxylic acids is 1. The minimum atomic E-state index is -2.30. The van der Waals surface area contributed by atoms with Gasteiger partial charge in [0.05, 0.1) is 18.7 Å². The summed E-state index contributed by atoms with van der Waals surface area (Å²) in [7, 11) is 0. The summed E-state index contributed by atoms with van der Waals surface area (Å²) in [4.78, 5) is 22.4. The Labute approximate surface area is 231 Å². The van der Waals surface area contributed by atoms with Crippen LogP contribution in [0.15, 0.2) is 0 Å². The van der Waals surface area contributed by atoms with Gasteiger partial charge >= 0.3 is 29.6 Å². The van der Waals surface area contributed by atoms with Gasteiger partial charge in [0.2, 0.25) is 18.5 Å². The van der Waals surface area contributed by atoms with Gasteiger partial charge in [0, 0.05) is 6.92 Å². The number of aliphatic hydroxyl groups excluding tert-OH is 3. The molecule has 0 aromatic carbocycles. The molecule has 206 valence electrons. The Bertz CT molecular complexity index is 526. The number of carbonyl (C=O) groups excluding carboxylic acids is 2. The van der Waals surface area contributed by atoms with Gasteiger partial charge in [-0.2, -0.15) is 0 Å². The van der Waals surface area contributed by atoms with Crippen LogP contribution in [0.1, 0.15) is 69.2 Å². The number of amides is 1. The van der Waals surface area contributed by atoms with Gasteiger partial charge in [0.1, 0.15) is 30.5 Å². The second kappa shape index (κ2) is 24.0. The van der Waals surface area contributed by atoms with E-state index in [4.69, 9.17) is 18.9 Å². The molecule has 8 atom stereocenters. The molecular weight excluding hydrogens is 477 g/mol. The first-order valence-electron chi connectivity index (χ1n) is 11.9. The zero-order chi connectivity index (χ0) is 27.6. The summed E-state index contributed by atoms with van der Waals surface area (Å²) in [6.45, 7) is 18.4. The van der Waals surface area contributed by atoms with Crippen molar-refractivity contribution in [3.8, 4) is 0 Å². The van der Waals surface area contributed by atoms with E-state index >= 15 is 0 Å². The van der Waals surface area contributed by atoms with Crippen LogP contribution < -0.4 is 40.0 Å². The van der Waals surface area contributed by atoms with Crippen LogP contribution in [0.5, 0.6) is 0 Å². The smallest absolute Gasteiger partial charge is 0.547 e. The molecule has 2 aliphatic heterocycles. The number of fused-ring (bicyclic) bond motifs is 1. The zero-order valence-electron chi connectivity index (χ0n) is 23.0. The normalized spacial score (nSPS) is 26.2. The number of aliphatic hydroxyl groups is 4. The fourth-order valence-electron chi connectivity index (χ4n) is 2.73. The Hall–Kier alpha value is -0.380. The summed E-state index contributed by atoms with van der Waals surface area (Å²) < 4.78 is 20.8. The third kappa shape index (κ3) is 14.2. The average Bonchev–Trinajstić information content (AvgIpc) is 2.80. The number of ether oxygens (including phenoxy) is 4. The Morgan fingerprint density at radius 2 is 1.51 bits per heavy atom. The van der Waals surface area contributed by atoms with E-state index in [-0.39, 0.29) is 36.2 Å². The standard InChI is InChI=1S/C14H23NO11.4C2H6.Na/c1-4(16)8(11(18)19)25-14(12(20)21)26-10-7(15-5(2)17)13(22)24-6-3-23-9(6)10;4*1-2;/h4,6-10,12-14,16,20-22H,3H2,1-2H3,(H,15,17)(H,18,19);4*1-2H3;/q;;;;;+1/p-1. The van der Waals surface area contributed by atoms with Crippen LogP contribution in [-0.4, -0.2) is 94.3 Å². The molecule has 0 aromatic rings. The maximum Gasteiger partial charge on any atom is 1.00 e. The molecule has 13 heteroatoms. The van der Waals surface area contributed by atoms with E-state index in [9.17, 15) is 35.1 Å². The molecule has 12 nitrogen and oxygen atoms in total. The van der Waals surface area contributed by atoms with Crippen molar-refractivity contribution < 1.29 is 83.6 Å². The van der Waals surface area contributed by atoms with Crippen LogP contribution in [0.3, 0.4) is 0 Å². The van der Waals surface area contributed by atoms with E-state index in [0.29, 0.717) is 0 Å². The van der Waals surface area contributed by atoms with Crippen LogP contribution in [-0.2, 0) is 28.5 Å². The predicted molar refractivity (Wildman–Crippen MR) is 122 cm³/mol. The summed E-state index contributed by atoms with van der Waals surface area (Å²) in [5.74, 6) is -2.32. The van der Waals surface area contributed by atoms with Crippen LogP contribution >= 0.6 is 0 Å². The van der Waals surface area contributed by atoms with Gasteiger partial charge in [-0.05, 0) is 6.92 Å². The van der Waals surface area contributed by atoms with Gasteiger partial charge in [-0.15, -0.1) is 0 Å². The number of aliphatic carboxylic acids is 1. The van der Waals surface area contributed by atoms with Gasteiger partial charge in [-0.1, -0.05) is 55.4 Å². The summed E-state index contributed by atoms with van der Waals surface area (Å²) in [6.07, 6.45) is -11.6. The van der Waals surface area contributed by atoms with E-state index in [1.165, 1.54) is 6.92 Å². The van der Waals surface area contributed by atoms with Crippen molar-refractivity contribution in [3.05, 3.63) is 0 Å². The van der Waals surface area contributed by atoms with Crippen LogP contribution in [0, 0.1) is 0 Å². The molecule has 0 saturated carbocycles. The topological polar surface area (TPSA) is 187 Å². The average molecular weight is 524 g/mol. The molecule has 0 radical (unpaired) electrons. The van der Waals surface area contributed by atoms with E-state index < -0.39 is 67.3 Å². The molecule has 2 rings (SSSR count). The number of carboxylic acid groups (broad SMARTS) is 1. The summed E-state index contributed by atoms with van der Waals surface area (Å²) in [5.41, 5.74) is 0. The molecule has 35 heavy (non-hydrogen) atoms. The van der Waals surface area contributed by atoms with Gasteiger partial charge < -0.3 is 54.6 Å². The van der Waals surface area contributed by atoms with Crippen molar-refractivity contribution >= 4 is 11.9 Å². The maximum absolute atomic E-state index is 11.4.